The molecule has 0 aromatic heterocycles. The van der Waals surface area contributed by atoms with Crippen LogP contribution in [-0.2, 0) is 0 Å². The van der Waals surface area contributed by atoms with Crippen molar-refractivity contribution in [1.29, 1.82) is 0 Å². The van der Waals surface area contributed by atoms with E-state index in [0.29, 0.717) is 0 Å². The van der Waals surface area contributed by atoms with E-state index < -0.39 is 0 Å². The predicted octanol–water partition coefficient (Wildman–Crippen LogP) is 0.868. The first-order valence-electron chi connectivity index (χ1n) is 0. The molecule has 0 amide bonds. The van der Waals surface area contributed by atoms with Crippen LogP contribution in [0.5, 0.6) is 0 Å². The Bertz CT molecular complexity index is 3.90. The van der Waals surface area contributed by atoms with Gasteiger partial charge >= 0.3 is 0 Å². The summed E-state index contributed by atoms with van der Waals surface area (Å²) in [7, 11) is 0. The van der Waals surface area contributed by atoms with Gasteiger partial charge in [0.2, 0.25) is 0 Å². The van der Waals surface area contributed by atoms with Gasteiger partial charge in [-0.25, -0.2) is 0 Å². The topological polar surface area (TPSA) is 0 Å². The second kappa shape index (κ2) is 48.5. The molecule has 0 aliphatic rings. The van der Waals surface area contributed by atoms with E-state index in [1.54, 1.807) is 0 Å². The van der Waals surface area contributed by atoms with E-state index in [2.05, 4.69) is 0 Å². The van der Waals surface area contributed by atoms with Crippen LogP contribution in [0, 0.1) is 0 Å². The largest absolute Gasteiger partial charge is 0.153 e. The van der Waals surface area contributed by atoms with Crippen molar-refractivity contribution < 1.29 is 0 Å². The highest BCUT2D eigenvalue weighted by molar-refractivity contribution is 8.93. The van der Waals surface area contributed by atoms with E-state index in [9.17, 15) is 0 Å². The Hall–Kier alpha value is 2.63. The Kier molecular flexibility index (Phi) is 587. The molecule has 0 bridgehead atoms. The highest BCUT2D eigenvalue weighted by Crippen LogP contribution is 0.865. The zero-order valence-corrected chi connectivity index (χ0v) is 12.7. The number of hydrogen-bond acceptors (Lipinski definition) is 0. The van der Waals surface area contributed by atoms with Crippen molar-refractivity contribution in [3.8, 4) is 0 Å². The molecule has 0 aromatic carbocycles. The van der Waals surface area contributed by atoms with Crippen LogP contribution in [0.3, 0.4) is 0 Å². The average molecular weight is 251 g/mol. The van der Waals surface area contributed by atoms with Crippen molar-refractivity contribution in [3.63, 3.8) is 0 Å². The number of rotatable bonds is 0. The fourth-order valence-electron chi connectivity index (χ4n) is 0. The van der Waals surface area contributed by atoms with Gasteiger partial charge in [0.15, 0.2) is 0 Å². The third kappa shape index (κ3) is 30.4. The van der Waals surface area contributed by atoms with Crippen LogP contribution in [-0.4, -0.2) is 0 Å². The van der Waals surface area contributed by atoms with Gasteiger partial charge in [0, 0.05) is 0 Å². The van der Waals surface area contributed by atoms with Crippen LogP contribution in [0.25, 0.3) is 0 Å². The van der Waals surface area contributed by atoms with Crippen LogP contribution < -0.4 is 0 Å². The summed E-state index contributed by atoms with van der Waals surface area (Å²) >= 11 is 0. The van der Waals surface area contributed by atoms with Crippen LogP contribution in [0.2, 0.25) is 0 Å². The summed E-state index contributed by atoms with van der Waals surface area (Å²) in [6, 6.07) is 0. The summed E-state index contributed by atoms with van der Waals surface area (Å²) < 4.78 is 0. The number of halogens is 1. The molecule has 0 aromatic rings. The molecule has 0 N–H and O–H groups in total. The SMILES string of the molecule is Br.P.P.P.P.P. The molecular weight excluding hydrogens is 235 g/mol. The van der Waals surface area contributed by atoms with Gasteiger partial charge in [0.25, 0.3) is 0 Å². The highest BCUT2D eigenvalue weighted by atomic mass is 79.9. The summed E-state index contributed by atoms with van der Waals surface area (Å²) in [4.78, 5) is 0. The molecule has 0 saturated carbocycles. The normalized spacial score (nSPS) is 0. The lowest BCUT2D eigenvalue weighted by Crippen LogP contribution is 0.845. The van der Waals surface area contributed by atoms with Gasteiger partial charge in [-0.05, 0) is 0 Å². The van der Waals surface area contributed by atoms with Crippen LogP contribution in [0.4, 0.5) is 0 Å². The molecule has 0 heterocycles. The Labute approximate surface area is 66.6 Å². The Morgan fingerprint density at radius 3 is 0.333 bits per heavy atom. The molecule has 5 atom stereocenters. The van der Waals surface area contributed by atoms with Crippen molar-refractivity contribution in [2.75, 3.05) is 0 Å². The molecule has 0 rings (SSSR count). The van der Waals surface area contributed by atoms with E-state index in [4.69, 9.17) is 0 Å². The lowest BCUT2D eigenvalue weighted by molar-refractivity contribution is 6.92. The molecule has 0 aliphatic carbocycles. The molecule has 0 fully saturated rings. The van der Waals surface area contributed by atoms with Crippen LogP contribution in [0.1, 0.15) is 0 Å². The Morgan fingerprint density at radius 2 is 0.333 bits per heavy atom. The van der Waals surface area contributed by atoms with Gasteiger partial charge < -0.3 is 0 Å². The molecular formula is H16BrP5. The zero-order chi connectivity index (χ0) is 0. The lowest BCUT2D eigenvalue weighted by atomic mass is 31.0. The van der Waals surface area contributed by atoms with Crippen molar-refractivity contribution in [3.05, 3.63) is 0 Å². The molecule has 6 heavy (non-hydrogen) atoms. The molecule has 0 saturated heterocycles. The second-order valence-electron chi connectivity index (χ2n) is 0. The molecule has 5 unspecified atom stereocenters. The maximum Gasteiger partial charge on any atom is -0.114 e. The van der Waals surface area contributed by atoms with Gasteiger partial charge in [-0.2, -0.15) is 49.5 Å². The summed E-state index contributed by atoms with van der Waals surface area (Å²) in [6.07, 6.45) is 0. The van der Waals surface area contributed by atoms with Crippen molar-refractivity contribution in [2.45, 2.75) is 0 Å². The maximum atomic E-state index is 0. The molecule has 0 spiro atoms. The fourth-order valence-corrected chi connectivity index (χ4v) is 0. The van der Waals surface area contributed by atoms with E-state index in [-0.39, 0.29) is 66.5 Å². The van der Waals surface area contributed by atoms with Crippen molar-refractivity contribution >= 4 is 66.5 Å². The molecule has 48 valence electrons. The van der Waals surface area contributed by atoms with E-state index in [1.165, 1.54) is 0 Å². The predicted molar refractivity (Wildman–Crippen MR) is 65.8 cm³/mol. The van der Waals surface area contributed by atoms with Crippen molar-refractivity contribution in [2.24, 2.45) is 0 Å². The molecule has 0 nitrogen and oxygen atoms in total. The minimum Gasteiger partial charge on any atom is -0.153 e. The summed E-state index contributed by atoms with van der Waals surface area (Å²) in [5, 5.41) is 0. The van der Waals surface area contributed by atoms with E-state index >= 15 is 0 Å². The monoisotopic (exact) mass is 250 g/mol. The first kappa shape index (κ1) is 72.6. The standard InChI is InChI=1S/BrH.5H3P/h1H;5*1H3. The van der Waals surface area contributed by atoms with Gasteiger partial charge in [0.1, 0.15) is 0 Å². The first-order valence-corrected chi connectivity index (χ1v) is 0. The van der Waals surface area contributed by atoms with Gasteiger partial charge in [-0.15, -0.1) is 17.0 Å². The highest BCUT2D eigenvalue weighted by Gasteiger charge is -0.113. The second-order valence-corrected chi connectivity index (χ2v) is 0. The fraction of sp³-hybridized carbons (Fsp3) is 0. The van der Waals surface area contributed by atoms with E-state index in [0.717, 1.165) is 0 Å². The third-order valence-electron chi connectivity index (χ3n) is 0. The van der Waals surface area contributed by atoms with Crippen LogP contribution in [0.15, 0.2) is 0 Å². The zero-order valence-electron chi connectivity index (χ0n) is 3.94. The smallest absolute Gasteiger partial charge is 0.114 e. The number of hydrogen-bond donors (Lipinski definition) is 0. The maximum absolute atomic E-state index is 0. The third-order valence-corrected chi connectivity index (χ3v) is 0. The molecule has 0 aliphatic heterocycles. The Morgan fingerprint density at radius 1 is 0.333 bits per heavy atom. The summed E-state index contributed by atoms with van der Waals surface area (Å²) in [5.41, 5.74) is 0. The minimum atomic E-state index is 0. The van der Waals surface area contributed by atoms with Gasteiger partial charge in [-0.3, -0.25) is 0 Å². The average Bonchev–Trinajstić information content (AvgIpc) is 0. The Balaban J connectivity index is 0. The molecule has 0 radical (unpaired) electrons. The summed E-state index contributed by atoms with van der Waals surface area (Å²) in [6.45, 7) is 0. The van der Waals surface area contributed by atoms with Gasteiger partial charge in [0.05, 0.1) is 0 Å². The summed E-state index contributed by atoms with van der Waals surface area (Å²) in [5.74, 6) is 0. The van der Waals surface area contributed by atoms with Gasteiger partial charge in [-0.1, -0.05) is 0 Å². The van der Waals surface area contributed by atoms with E-state index in [1.807, 2.05) is 0 Å². The molecule has 6 heteroatoms. The lowest BCUT2D eigenvalue weighted by Gasteiger charge is -0.154. The quantitative estimate of drug-likeness (QED) is 0.560. The van der Waals surface area contributed by atoms with Crippen LogP contribution >= 0.6 is 66.5 Å². The minimum absolute atomic E-state index is 0. The van der Waals surface area contributed by atoms with Crippen molar-refractivity contribution in [1.82, 2.24) is 0 Å². The first-order chi connectivity index (χ1) is 0.